The fraction of sp³-hybridized carbons (Fsp3) is 0.250. The van der Waals surface area contributed by atoms with Crippen molar-refractivity contribution in [2.24, 2.45) is 0 Å². The Balaban J connectivity index is 1.81. The van der Waals surface area contributed by atoms with Gasteiger partial charge in [0.25, 0.3) is 0 Å². The summed E-state index contributed by atoms with van der Waals surface area (Å²) in [7, 11) is 1.59. The first kappa shape index (κ1) is 18.1. The summed E-state index contributed by atoms with van der Waals surface area (Å²) in [4.78, 5) is 15.7. The molecule has 0 fully saturated rings. The van der Waals surface area contributed by atoms with Crippen LogP contribution in [0.3, 0.4) is 0 Å². The molecule has 0 saturated carbocycles. The lowest BCUT2D eigenvalue weighted by atomic mass is 10.3. The van der Waals surface area contributed by atoms with E-state index < -0.39 is 10.8 Å². The van der Waals surface area contributed by atoms with Crippen LogP contribution >= 0.6 is 15.9 Å². The molecule has 0 aliphatic heterocycles. The van der Waals surface area contributed by atoms with Crippen molar-refractivity contribution in [3.05, 3.63) is 30.1 Å². The predicted octanol–water partition coefficient (Wildman–Crippen LogP) is 2.41. The van der Waals surface area contributed by atoms with E-state index >= 15 is 0 Å². The molecule has 0 radical (unpaired) electrons. The molecule has 0 bridgehead atoms. The van der Waals surface area contributed by atoms with Gasteiger partial charge in [-0.05, 0) is 41.5 Å². The Morgan fingerprint density at radius 3 is 2.75 bits per heavy atom. The monoisotopic (exact) mass is 447 g/mol. The number of alkyl halides is 1. The number of anilines is 2. The standard InChI is InChI=1S/C16H14BrN7O4/c1-3-27-16(25)10(17)13-20-21-14-11(18-8-4-6-9(26-2)7-5-8)19-12-15(24(13)14)23-28-22-12/h4-7,10H,3H2,1-2H3,(H,18,19,22)/t10-/m1/s1. The summed E-state index contributed by atoms with van der Waals surface area (Å²) in [5.41, 5.74) is 1.61. The molecule has 144 valence electrons. The van der Waals surface area contributed by atoms with Crippen molar-refractivity contribution >= 4 is 50.3 Å². The van der Waals surface area contributed by atoms with Crippen molar-refractivity contribution in [3.8, 4) is 5.75 Å². The van der Waals surface area contributed by atoms with Gasteiger partial charge in [-0.15, -0.1) is 10.2 Å². The van der Waals surface area contributed by atoms with Gasteiger partial charge in [0.05, 0.1) is 13.7 Å². The number of methoxy groups -OCH3 is 1. The van der Waals surface area contributed by atoms with Gasteiger partial charge in [0.15, 0.2) is 16.5 Å². The number of hydrogen-bond acceptors (Lipinski definition) is 10. The van der Waals surface area contributed by atoms with Crippen LogP contribution in [0.2, 0.25) is 0 Å². The second-order valence-electron chi connectivity index (χ2n) is 5.56. The minimum absolute atomic E-state index is 0.230. The highest BCUT2D eigenvalue weighted by molar-refractivity contribution is 9.09. The smallest absolute Gasteiger partial charge is 0.327 e. The van der Waals surface area contributed by atoms with E-state index in [4.69, 9.17) is 14.1 Å². The normalized spacial score (nSPS) is 12.2. The largest absolute Gasteiger partial charge is 0.497 e. The molecule has 4 rings (SSSR count). The quantitative estimate of drug-likeness (QED) is 0.347. The van der Waals surface area contributed by atoms with E-state index in [1.54, 1.807) is 30.6 Å². The molecule has 3 aromatic heterocycles. The maximum Gasteiger partial charge on any atom is 0.327 e. The van der Waals surface area contributed by atoms with Gasteiger partial charge in [-0.3, -0.25) is 9.20 Å². The SMILES string of the molecule is CCOC(=O)[C@H](Br)c1nnc2c(Nc3ccc(OC)cc3)nc3nonc3n12. The van der Waals surface area contributed by atoms with E-state index in [0.717, 1.165) is 11.4 Å². The molecule has 0 aliphatic rings. The van der Waals surface area contributed by atoms with Gasteiger partial charge >= 0.3 is 5.97 Å². The van der Waals surface area contributed by atoms with Gasteiger partial charge in [-0.1, -0.05) is 15.9 Å². The van der Waals surface area contributed by atoms with Crippen molar-refractivity contribution in [1.29, 1.82) is 0 Å². The number of aromatic nitrogens is 6. The van der Waals surface area contributed by atoms with Gasteiger partial charge in [-0.25, -0.2) is 9.61 Å². The van der Waals surface area contributed by atoms with Crippen molar-refractivity contribution in [2.75, 3.05) is 19.0 Å². The third-order valence-electron chi connectivity index (χ3n) is 3.86. The number of fused-ring (bicyclic) bond motifs is 3. The number of nitrogens with one attached hydrogen (secondary N) is 1. The molecule has 0 spiro atoms. The highest BCUT2D eigenvalue weighted by Gasteiger charge is 2.28. The van der Waals surface area contributed by atoms with Crippen LogP contribution < -0.4 is 10.1 Å². The molecular formula is C16H14BrN7O4. The molecule has 1 aromatic carbocycles. The highest BCUT2D eigenvalue weighted by Crippen LogP contribution is 2.29. The lowest BCUT2D eigenvalue weighted by molar-refractivity contribution is -0.142. The zero-order valence-corrected chi connectivity index (χ0v) is 16.4. The Bertz CT molecular complexity index is 1140. The minimum Gasteiger partial charge on any atom is -0.497 e. The number of ether oxygens (including phenoxy) is 2. The summed E-state index contributed by atoms with van der Waals surface area (Å²) in [5.74, 6) is 0.869. The maximum absolute atomic E-state index is 12.1. The Morgan fingerprint density at radius 1 is 1.25 bits per heavy atom. The Hall–Kier alpha value is -3.28. The first-order valence-electron chi connectivity index (χ1n) is 8.21. The molecule has 0 unspecified atom stereocenters. The number of rotatable bonds is 6. The fourth-order valence-electron chi connectivity index (χ4n) is 2.58. The molecule has 11 nitrogen and oxygen atoms in total. The van der Waals surface area contributed by atoms with Crippen LogP contribution in [0.1, 0.15) is 17.6 Å². The average molecular weight is 448 g/mol. The summed E-state index contributed by atoms with van der Waals surface area (Å²) < 4.78 is 16.6. The fourth-order valence-corrected chi connectivity index (χ4v) is 3.01. The summed E-state index contributed by atoms with van der Waals surface area (Å²) in [6.07, 6.45) is 0. The highest BCUT2D eigenvalue weighted by atomic mass is 79.9. The van der Waals surface area contributed by atoms with Gasteiger partial charge in [0.1, 0.15) is 5.75 Å². The third kappa shape index (κ3) is 3.11. The second kappa shape index (κ2) is 7.38. The molecule has 1 atom stereocenters. The number of hydrogen-bond donors (Lipinski definition) is 1. The van der Waals surface area contributed by atoms with E-state index in [0.29, 0.717) is 11.5 Å². The van der Waals surface area contributed by atoms with Crippen LogP contribution in [0.5, 0.6) is 5.75 Å². The molecule has 1 N–H and O–H groups in total. The first-order valence-corrected chi connectivity index (χ1v) is 9.13. The van der Waals surface area contributed by atoms with Crippen LogP contribution in [-0.4, -0.2) is 49.6 Å². The second-order valence-corrected chi connectivity index (χ2v) is 6.47. The number of esters is 1. The third-order valence-corrected chi connectivity index (χ3v) is 4.64. The van der Waals surface area contributed by atoms with E-state index in [-0.39, 0.29) is 23.7 Å². The molecule has 0 saturated heterocycles. The zero-order chi connectivity index (χ0) is 19.7. The van der Waals surface area contributed by atoms with Gasteiger partial charge in [0, 0.05) is 5.69 Å². The summed E-state index contributed by atoms with van der Waals surface area (Å²) in [6.45, 7) is 1.96. The summed E-state index contributed by atoms with van der Waals surface area (Å²) in [6, 6.07) is 7.26. The molecule has 28 heavy (non-hydrogen) atoms. The van der Waals surface area contributed by atoms with Crippen molar-refractivity contribution in [1.82, 2.24) is 29.9 Å². The Labute approximate surface area is 166 Å². The van der Waals surface area contributed by atoms with Crippen molar-refractivity contribution in [3.63, 3.8) is 0 Å². The molecule has 0 amide bonds. The lowest BCUT2D eigenvalue weighted by Crippen LogP contribution is -2.14. The first-order chi connectivity index (χ1) is 13.6. The topological polar surface area (TPSA) is 130 Å². The van der Waals surface area contributed by atoms with Crippen LogP contribution in [0.25, 0.3) is 16.9 Å². The van der Waals surface area contributed by atoms with Crippen molar-refractivity contribution in [2.45, 2.75) is 11.8 Å². The molecule has 4 aromatic rings. The zero-order valence-electron chi connectivity index (χ0n) is 14.8. The van der Waals surface area contributed by atoms with Crippen molar-refractivity contribution < 1.29 is 18.9 Å². The van der Waals surface area contributed by atoms with Gasteiger partial charge in [-0.2, -0.15) is 0 Å². The Morgan fingerprint density at radius 2 is 2.04 bits per heavy atom. The minimum atomic E-state index is -0.849. The molecule has 0 aliphatic carbocycles. The number of carbonyl (C=O) groups excluding carboxylic acids is 1. The van der Waals surface area contributed by atoms with Crippen LogP contribution in [0, 0.1) is 0 Å². The number of nitrogens with zero attached hydrogens (tertiary/aromatic N) is 6. The van der Waals surface area contributed by atoms with Gasteiger partial charge in [0.2, 0.25) is 16.9 Å². The van der Waals surface area contributed by atoms with E-state index in [1.165, 1.54) is 0 Å². The summed E-state index contributed by atoms with van der Waals surface area (Å²) >= 11 is 3.30. The van der Waals surface area contributed by atoms with E-state index in [2.05, 4.69) is 46.7 Å². The predicted molar refractivity (Wildman–Crippen MR) is 101 cm³/mol. The van der Waals surface area contributed by atoms with Gasteiger partial charge < -0.3 is 14.8 Å². The molecule has 3 heterocycles. The van der Waals surface area contributed by atoms with E-state index in [9.17, 15) is 4.79 Å². The average Bonchev–Trinajstić information content (AvgIpc) is 3.35. The number of halogens is 1. The van der Waals surface area contributed by atoms with E-state index in [1.807, 2.05) is 12.1 Å². The Kier molecular flexibility index (Phi) is 4.77. The van der Waals surface area contributed by atoms with Crippen LogP contribution in [-0.2, 0) is 9.53 Å². The molecule has 12 heteroatoms. The van der Waals surface area contributed by atoms with Crippen LogP contribution in [0.4, 0.5) is 11.5 Å². The number of carbonyl (C=O) groups is 1. The maximum atomic E-state index is 12.1. The number of benzene rings is 1. The summed E-state index contributed by atoms with van der Waals surface area (Å²) in [5, 5.41) is 19.1. The van der Waals surface area contributed by atoms with Crippen LogP contribution in [0.15, 0.2) is 28.9 Å². The lowest BCUT2D eigenvalue weighted by Gasteiger charge is -2.09. The molecular weight excluding hydrogens is 434 g/mol.